The van der Waals surface area contributed by atoms with E-state index in [1.54, 1.807) is 32.4 Å². The predicted molar refractivity (Wildman–Crippen MR) is 70.9 cm³/mol. The third-order valence-electron chi connectivity index (χ3n) is 2.20. The number of rotatable bonds is 7. The van der Waals surface area contributed by atoms with E-state index in [2.05, 4.69) is 0 Å². The van der Waals surface area contributed by atoms with E-state index in [1.807, 2.05) is 0 Å². The van der Waals surface area contributed by atoms with Gasteiger partial charge < -0.3 is 19.9 Å². The molecule has 1 aromatic carbocycles. The number of benzene rings is 1. The standard InChI is InChI=1S/C12H17NO3S/c1-14-6-3-7-16-11-8-9(15-2)4-5-10(11)12(13)17/h4-5,8H,3,6-7H2,1-2H3,(H2,13,17). The molecule has 1 rings (SSSR count). The lowest BCUT2D eigenvalue weighted by Crippen LogP contribution is -2.12. The van der Waals surface area contributed by atoms with Gasteiger partial charge in [-0.3, -0.25) is 0 Å². The lowest BCUT2D eigenvalue weighted by molar-refractivity contribution is 0.172. The summed E-state index contributed by atoms with van der Waals surface area (Å²) in [6.45, 7) is 1.21. The molecular weight excluding hydrogens is 238 g/mol. The van der Waals surface area contributed by atoms with E-state index >= 15 is 0 Å². The number of nitrogens with two attached hydrogens (primary N) is 1. The highest BCUT2D eigenvalue weighted by atomic mass is 32.1. The van der Waals surface area contributed by atoms with Gasteiger partial charge in [0.2, 0.25) is 0 Å². The predicted octanol–water partition coefficient (Wildman–Crippen LogP) is 1.74. The van der Waals surface area contributed by atoms with Crippen molar-refractivity contribution in [3.05, 3.63) is 23.8 Å². The molecule has 0 radical (unpaired) electrons. The fraction of sp³-hybridized carbons (Fsp3) is 0.417. The quantitative estimate of drug-likeness (QED) is 0.594. The summed E-state index contributed by atoms with van der Waals surface area (Å²) < 4.78 is 15.7. The van der Waals surface area contributed by atoms with Crippen molar-refractivity contribution < 1.29 is 14.2 Å². The van der Waals surface area contributed by atoms with Crippen molar-refractivity contribution in [2.24, 2.45) is 5.73 Å². The SMILES string of the molecule is COCCCOc1cc(OC)ccc1C(N)=S. The molecule has 0 saturated carbocycles. The van der Waals surface area contributed by atoms with Gasteiger partial charge in [-0.1, -0.05) is 12.2 Å². The Hall–Kier alpha value is -1.33. The van der Waals surface area contributed by atoms with Crippen LogP contribution in [0.3, 0.4) is 0 Å². The molecule has 17 heavy (non-hydrogen) atoms. The van der Waals surface area contributed by atoms with Crippen LogP contribution in [0.4, 0.5) is 0 Å². The Balaban J connectivity index is 2.75. The summed E-state index contributed by atoms with van der Waals surface area (Å²) in [4.78, 5) is 0.314. The van der Waals surface area contributed by atoms with Crippen LogP contribution in [-0.4, -0.2) is 32.4 Å². The van der Waals surface area contributed by atoms with E-state index in [9.17, 15) is 0 Å². The third-order valence-corrected chi connectivity index (χ3v) is 2.42. The van der Waals surface area contributed by atoms with Crippen LogP contribution in [0.25, 0.3) is 0 Å². The monoisotopic (exact) mass is 255 g/mol. The topological polar surface area (TPSA) is 53.7 Å². The minimum absolute atomic E-state index is 0.314. The third kappa shape index (κ3) is 4.20. The van der Waals surface area contributed by atoms with Crippen molar-refractivity contribution in [2.75, 3.05) is 27.4 Å². The van der Waals surface area contributed by atoms with E-state index in [4.69, 9.17) is 32.2 Å². The van der Waals surface area contributed by atoms with Gasteiger partial charge in [-0.15, -0.1) is 0 Å². The summed E-state index contributed by atoms with van der Waals surface area (Å²) in [5.74, 6) is 1.36. The summed E-state index contributed by atoms with van der Waals surface area (Å²) in [5, 5.41) is 0. The second-order valence-electron chi connectivity index (χ2n) is 3.42. The number of methoxy groups -OCH3 is 2. The van der Waals surface area contributed by atoms with Crippen LogP contribution in [0, 0.1) is 0 Å². The fourth-order valence-corrected chi connectivity index (χ4v) is 1.51. The first-order valence-electron chi connectivity index (χ1n) is 5.28. The van der Waals surface area contributed by atoms with Crippen molar-refractivity contribution in [1.82, 2.24) is 0 Å². The van der Waals surface area contributed by atoms with Gasteiger partial charge in [0, 0.05) is 26.2 Å². The average Bonchev–Trinajstić information content (AvgIpc) is 2.34. The lowest BCUT2D eigenvalue weighted by atomic mass is 10.2. The minimum Gasteiger partial charge on any atom is -0.497 e. The van der Waals surface area contributed by atoms with Crippen LogP contribution in [0.5, 0.6) is 11.5 Å². The van der Waals surface area contributed by atoms with Gasteiger partial charge in [0.15, 0.2) is 0 Å². The first kappa shape index (κ1) is 13.7. The molecule has 0 aliphatic rings. The average molecular weight is 255 g/mol. The van der Waals surface area contributed by atoms with Crippen molar-refractivity contribution >= 4 is 17.2 Å². The summed E-state index contributed by atoms with van der Waals surface area (Å²) in [5.41, 5.74) is 6.34. The molecule has 0 aliphatic carbocycles. The van der Waals surface area contributed by atoms with Crippen LogP contribution in [-0.2, 0) is 4.74 Å². The van der Waals surface area contributed by atoms with E-state index in [1.165, 1.54) is 0 Å². The molecule has 0 saturated heterocycles. The maximum Gasteiger partial charge on any atom is 0.133 e. The zero-order valence-corrected chi connectivity index (χ0v) is 10.9. The number of hydrogen-bond acceptors (Lipinski definition) is 4. The Morgan fingerprint density at radius 1 is 1.29 bits per heavy atom. The Bertz CT molecular complexity index is 382. The van der Waals surface area contributed by atoms with Gasteiger partial charge in [0.1, 0.15) is 16.5 Å². The molecule has 0 spiro atoms. The maximum atomic E-state index is 5.62. The summed E-state index contributed by atoms with van der Waals surface area (Å²) in [6, 6.07) is 5.38. The molecule has 0 fully saturated rings. The van der Waals surface area contributed by atoms with Crippen molar-refractivity contribution in [3.63, 3.8) is 0 Å². The molecular formula is C12H17NO3S. The highest BCUT2D eigenvalue weighted by Gasteiger charge is 2.08. The van der Waals surface area contributed by atoms with E-state index in [-0.39, 0.29) is 0 Å². The molecule has 4 nitrogen and oxygen atoms in total. The number of ether oxygens (including phenoxy) is 3. The first-order chi connectivity index (χ1) is 8.19. The summed E-state index contributed by atoms with van der Waals surface area (Å²) in [7, 11) is 3.26. The van der Waals surface area contributed by atoms with Crippen LogP contribution in [0.2, 0.25) is 0 Å². The summed E-state index contributed by atoms with van der Waals surface area (Å²) >= 11 is 4.96. The molecule has 0 atom stereocenters. The van der Waals surface area contributed by atoms with Crippen LogP contribution < -0.4 is 15.2 Å². The largest absolute Gasteiger partial charge is 0.497 e. The van der Waals surface area contributed by atoms with E-state index < -0.39 is 0 Å². The van der Waals surface area contributed by atoms with Crippen LogP contribution >= 0.6 is 12.2 Å². The molecule has 94 valence electrons. The lowest BCUT2D eigenvalue weighted by Gasteiger charge is -2.12. The first-order valence-corrected chi connectivity index (χ1v) is 5.69. The highest BCUT2D eigenvalue weighted by Crippen LogP contribution is 2.24. The zero-order chi connectivity index (χ0) is 12.7. The van der Waals surface area contributed by atoms with Crippen molar-refractivity contribution in [3.8, 4) is 11.5 Å². The Kier molecular flexibility index (Phi) is 5.72. The van der Waals surface area contributed by atoms with Gasteiger partial charge in [-0.05, 0) is 12.1 Å². The van der Waals surface area contributed by atoms with Crippen molar-refractivity contribution in [2.45, 2.75) is 6.42 Å². The number of thiocarbonyl (C=S) groups is 1. The van der Waals surface area contributed by atoms with E-state index in [0.717, 1.165) is 12.0 Å². The second kappa shape index (κ2) is 7.09. The molecule has 5 heteroatoms. The van der Waals surface area contributed by atoms with Gasteiger partial charge in [0.25, 0.3) is 0 Å². The van der Waals surface area contributed by atoms with Gasteiger partial charge >= 0.3 is 0 Å². The smallest absolute Gasteiger partial charge is 0.133 e. The molecule has 0 heterocycles. The highest BCUT2D eigenvalue weighted by molar-refractivity contribution is 7.80. The molecule has 0 unspecified atom stereocenters. The molecule has 0 aromatic heterocycles. The molecule has 0 aliphatic heterocycles. The number of hydrogen-bond donors (Lipinski definition) is 1. The Labute approximate surface area is 107 Å². The van der Waals surface area contributed by atoms with Gasteiger partial charge in [0.05, 0.1) is 19.3 Å². The molecule has 0 bridgehead atoms. The molecule has 2 N–H and O–H groups in total. The van der Waals surface area contributed by atoms with Crippen molar-refractivity contribution in [1.29, 1.82) is 0 Å². The Morgan fingerprint density at radius 3 is 2.65 bits per heavy atom. The molecule has 1 aromatic rings. The second-order valence-corrected chi connectivity index (χ2v) is 3.86. The summed E-state index contributed by atoms with van der Waals surface area (Å²) in [6.07, 6.45) is 0.810. The van der Waals surface area contributed by atoms with Crippen LogP contribution in [0.15, 0.2) is 18.2 Å². The van der Waals surface area contributed by atoms with Crippen LogP contribution in [0.1, 0.15) is 12.0 Å². The fourth-order valence-electron chi connectivity index (χ4n) is 1.34. The zero-order valence-electron chi connectivity index (χ0n) is 10.1. The molecule has 0 amide bonds. The normalized spacial score (nSPS) is 10.0. The Morgan fingerprint density at radius 2 is 2.06 bits per heavy atom. The van der Waals surface area contributed by atoms with Gasteiger partial charge in [-0.25, -0.2) is 0 Å². The van der Waals surface area contributed by atoms with Gasteiger partial charge in [-0.2, -0.15) is 0 Å². The maximum absolute atomic E-state index is 5.62. The van der Waals surface area contributed by atoms with E-state index in [0.29, 0.717) is 29.7 Å². The minimum atomic E-state index is 0.314.